The van der Waals surface area contributed by atoms with Crippen molar-refractivity contribution in [3.8, 4) is 0 Å². The third kappa shape index (κ3) is 3.58. The van der Waals surface area contributed by atoms with Crippen LogP contribution in [0, 0.1) is 5.92 Å². The van der Waals surface area contributed by atoms with Gasteiger partial charge in [0.25, 0.3) is 0 Å². The molecule has 0 spiro atoms. The molecule has 0 aliphatic carbocycles. The number of hydrogen-bond donors (Lipinski definition) is 0. The monoisotopic (exact) mass is 261 g/mol. The summed E-state index contributed by atoms with van der Waals surface area (Å²) < 4.78 is 5.56. The minimum atomic E-state index is 0.249. The van der Waals surface area contributed by atoms with Crippen LogP contribution in [0.5, 0.6) is 0 Å². The normalized spacial score (nSPS) is 24.2. The van der Waals surface area contributed by atoms with Crippen molar-refractivity contribution in [3.63, 3.8) is 0 Å². The Morgan fingerprint density at radius 3 is 2.63 bits per heavy atom. The van der Waals surface area contributed by atoms with Gasteiger partial charge in [0, 0.05) is 19.2 Å². The van der Waals surface area contributed by atoms with E-state index in [0.717, 1.165) is 13.2 Å². The van der Waals surface area contributed by atoms with Crippen LogP contribution < -0.4 is 0 Å². The molecule has 0 radical (unpaired) electrons. The average molecular weight is 261 g/mol. The van der Waals surface area contributed by atoms with Crippen LogP contribution >= 0.6 is 0 Å². The van der Waals surface area contributed by atoms with Gasteiger partial charge in [-0.05, 0) is 37.3 Å². The summed E-state index contributed by atoms with van der Waals surface area (Å²) in [6.45, 7) is 7.74. The highest BCUT2D eigenvalue weighted by atomic mass is 16.5. The largest absolute Gasteiger partial charge is 0.383 e. The quantitative estimate of drug-likeness (QED) is 0.774. The zero-order valence-electron chi connectivity index (χ0n) is 12.6. The maximum atomic E-state index is 5.56. The van der Waals surface area contributed by atoms with Gasteiger partial charge in [-0.3, -0.25) is 4.90 Å². The lowest BCUT2D eigenvalue weighted by Gasteiger charge is -2.39. The predicted octanol–water partition coefficient (Wildman–Crippen LogP) is 3.71. The number of benzene rings is 1. The summed E-state index contributed by atoms with van der Waals surface area (Å²) in [6, 6.07) is 10.8. The van der Waals surface area contributed by atoms with Crippen molar-refractivity contribution in [1.29, 1.82) is 0 Å². The lowest BCUT2D eigenvalue weighted by molar-refractivity contribution is 0.0188. The SMILES string of the molecule is COCC1(CC(C)C)CCCN1Cc1ccccc1. The fourth-order valence-electron chi connectivity index (χ4n) is 3.53. The minimum absolute atomic E-state index is 0.249. The third-order valence-electron chi connectivity index (χ3n) is 4.16. The lowest BCUT2D eigenvalue weighted by Crippen LogP contribution is -2.48. The van der Waals surface area contributed by atoms with Crippen LogP contribution in [0.4, 0.5) is 0 Å². The fraction of sp³-hybridized carbons (Fsp3) is 0.647. The molecule has 1 unspecified atom stereocenters. The first kappa shape index (κ1) is 14.5. The van der Waals surface area contributed by atoms with Crippen LogP contribution in [-0.4, -0.2) is 30.7 Å². The van der Waals surface area contributed by atoms with Crippen LogP contribution in [0.3, 0.4) is 0 Å². The van der Waals surface area contributed by atoms with Crippen molar-refractivity contribution < 1.29 is 4.74 Å². The van der Waals surface area contributed by atoms with Crippen molar-refractivity contribution >= 4 is 0 Å². The standard InChI is InChI=1S/C17H27NO/c1-15(2)12-17(14-19-3)10-7-11-18(17)13-16-8-5-4-6-9-16/h4-6,8-9,15H,7,10-14H2,1-3H3. The molecule has 2 heteroatoms. The summed E-state index contributed by atoms with van der Waals surface area (Å²) in [4.78, 5) is 2.64. The highest BCUT2D eigenvalue weighted by Crippen LogP contribution is 2.36. The zero-order valence-corrected chi connectivity index (χ0v) is 12.6. The Morgan fingerprint density at radius 2 is 2.00 bits per heavy atom. The molecule has 1 aliphatic rings. The molecular weight excluding hydrogens is 234 g/mol. The molecule has 1 saturated heterocycles. The smallest absolute Gasteiger partial charge is 0.0646 e. The van der Waals surface area contributed by atoms with Crippen LogP contribution in [0.25, 0.3) is 0 Å². The van der Waals surface area contributed by atoms with Gasteiger partial charge in [-0.2, -0.15) is 0 Å². The average Bonchev–Trinajstić information content (AvgIpc) is 2.73. The second kappa shape index (κ2) is 6.53. The molecule has 19 heavy (non-hydrogen) atoms. The molecule has 1 atom stereocenters. The molecule has 2 rings (SSSR count). The molecule has 1 aromatic carbocycles. The second-order valence-electron chi connectivity index (χ2n) is 6.27. The van der Waals surface area contributed by atoms with Crippen molar-refractivity contribution in [3.05, 3.63) is 35.9 Å². The molecule has 0 aromatic heterocycles. The van der Waals surface area contributed by atoms with E-state index in [1.165, 1.54) is 31.4 Å². The zero-order chi connectivity index (χ0) is 13.7. The number of methoxy groups -OCH3 is 1. The van der Waals surface area contributed by atoms with Crippen molar-refractivity contribution in [2.75, 3.05) is 20.3 Å². The Morgan fingerprint density at radius 1 is 1.26 bits per heavy atom. The molecule has 0 bridgehead atoms. The van der Waals surface area contributed by atoms with Gasteiger partial charge in [0.1, 0.15) is 0 Å². The number of ether oxygens (including phenoxy) is 1. The fourth-order valence-corrected chi connectivity index (χ4v) is 3.53. The molecule has 1 fully saturated rings. The number of likely N-dealkylation sites (tertiary alicyclic amines) is 1. The first-order chi connectivity index (χ1) is 9.16. The molecule has 0 N–H and O–H groups in total. The highest BCUT2D eigenvalue weighted by molar-refractivity contribution is 5.15. The summed E-state index contributed by atoms with van der Waals surface area (Å²) >= 11 is 0. The van der Waals surface area contributed by atoms with Gasteiger partial charge in [-0.1, -0.05) is 44.2 Å². The van der Waals surface area contributed by atoms with Crippen molar-refractivity contribution in [2.45, 2.75) is 45.2 Å². The van der Waals surface area contributed by atoms with Gasteiger partial charge < -0.3 is 4.74 Å². The van der Waals surface area contributed by atoms with E-state index in [0.29, 0.717) is 5.92 Å². The van der Waals surface area contributed by atoms with Crippen LogP contribution in [0.15, 0.2) is 30.3 Å². The first-order valence-electron chi connectivity index (χ1n) is 7.44. The van der Waals surface area contributed by atoms with Crippen LogP contribution in [0.1, 0.15) is 38.7 Å². The highest BCUT2D eigenvalue weighted by Gasteiger charge is 2.41. The Labute approximate surface area is 117 Å². The molecule has 0 amide bonds. The van der Waals surface area contributed by atoms with E-state index in [1.807, 2.05) is 7.11 Å². The van der Waals surface area contributed by atoms with E-state index in [-0.39, 0.29) is 5.54 Å². The van der Waals surface area contributed by atoms with Gasteiger partial charge in [-0.25, -0.2) is 0 Å². The van der Waals surface area contributed by atoms with E-state index in [4.69, 9.17) is 4.74 Å². The topological polar surface area (TPSA) is 12.5 Å². The summed E-state index contributed by atoms with van der Waals surface area (Å²) in [5, 5.41) is 0. The minimum Gasteiger partial charge on any atom is -0.383 e. The second-order valence-corrected chi connectivity index (χ2v) is 6.27. The summed E-state index contributed by atoms with van der Waals surface area (Å²) in [7, 11) is 1.83. The van der Waals surface area contributed by atoms with Gasteiger partial charge in [0.05, 0.1) is 6.61 Å². The molecule has 2 nitrogen and oxygen atoms in total. The lowest BCUT2D eigenvalue weighted by atomic mass is 9.86. The van der Waals surface area contributed by atoms with E-state index in [2.05, 4.69) is 49.1 Å². The summed E-state index contributed by atoms with van der Waals surface area (Å²) in [5.74, 6) is 0.714. The maximum Gasteiger partial charge on any atom is 0.0646 e. The Balaban J connectivity index is 2.12. The maximum absolute atomic E-state index is 5.56. The third-order valence-corrected chi connectivity index (χ3v) is 4.16. The van der Waals surface area contributed by atoms with E-state index in [9.17, 15) is 0 Å². The predicted molar refractivity (Wildman–Crippen MR) is 80.1 cm³/mol. The van der Waals surface area contributed by atoms with E-state index in [1.54, 1.807) is 0 Å². The van der Waals surface area contributed by atoms with Gasteiger partial charge >= 0.3 is 0 Å². The Bertz CT molecular complexity index is 376. The van der Waals surface area contributed by atoms with E-state index >= 15 is 0 Å². The molecule has 1 aromatic rings. The van der Waals surface area contributed by atoms with Crippen molar-refractivity contribution in [2.24, 2.45) is 5.92 Å². The Kier molecular flexibility index (Phi) is 5.00. The summed E-state index contributed by atoms with van der Waals surface area (Å²) in [6.07, 6.45) is 3.79. The Hall–Kier alpha value is -0.860. The molecule has 0 saturated carbocycles. The van der Waals surface area contributed by atoms with Crippen LogP contribution in [0.2, 0.25) is 0 Å². The molecule has 1 aliphatic heterocycles. The first-order valence-corrected chi connectivity index (χ1v) is 7.44. The van der Waals surface area contributed by atoms with Crippen LogP contribution in [-0.2, 0) is 11.3 Å². The van der Waals surface area contributed by atoms with E-state index < -0.39 is 0 Å². The molecule has 1 heterocycles. The summed E-state index contributed by atoms with van der Waals surface area (Å²) in [5.41, 5.74) is 1.66. The van der Waals surface area contributed by atoms with Gasteiger partial charge in [-0.15, -0.1) is 0 Å². The molecule has 106 valence electrons. The van der Waals surface area contributed by atoms with Gasteiger partial charge in [0.15, 0.2) is 0 Å². The van der Waals surface area contributed by atoms with Gasteiger partial charge in [0.2, 0.25) is 0 Å². The van der Waals surface area contributed by atoms with Crippen molar-refractivity contribution in [1.82, 2.24) is 4.90 Å². The molecular formula is C17H27NO. The number of hydrogen-bond acceptors (Lipinski definition) is 2. The number of rotatable bonds is 6. The number of nitrogens with zero attached hydrogens (tertiary/aromatic N) is 1.